The van der Waals surface area contributed by atoms with Crippen LogP contribution in [0.3, 0.4) is 0 Å². The molecule has 0 radical (unpaired) electrons. The number of amides is 1. The number of nitrogens with two attached hydrogens (primary N) is 1. The van der Waals surface area contributed by atoms with Crippen molar-refractivity contribution in [3.63, 3.8) is 0 Å². The van der Waals surface area contributed by atoms with E-state index in [1.54, 1.807) is 30.3 Å². The summed E-state index contributed by atoms with van der Waals surface area (Å²) >= 11 is 0. The summed E-state index contributed by atoms with van der Waals surface area (Å²) in [6, 6.07) is 6.26. The molecule has 10 atom stereocenters. The quantitative estimate of drug-likeness (QED) is 0.0310. The van der Waals surface area contributed by atoms with Crippen LogP contribution >= 0.6 is 0 Å². The summed E-state index contributed by atoms with van der Waals surface area (Å²) in [5, 5.41) is 88.0. The Kier molecular flexibility index (Phi) is 54.8. The largest absolute Gasteiger partial charge is 0.481 e. The average molecular weight is 1380 g/mol. The number of carbonyl (C=O) groups is 20. The van der Waals surface area contributed by atoms with Crippen molar-refractivity contribution in [1.82, 2.24) is 5.32 Å². The SMILES string of the molecule is CC(=O)CCC(=O)O[C@@H](C)C(=O)O.CC(=O)CC[C@H](NC(=O)[C@H](C)O)C(=O)O.CC(=O)C[C@H](N)C(=O)O.CC(=O)[C@@H](CC(=O)O)OC(=O)CCC(=O)O.CC(=O)[C@H](C)OC(=O)CCC(=O)O.CC(=O)[C@H](C)OC(=O)[C@@H](O)CC(=O)O.CC(=O)[C@H](C)OC(=O)[C@@H](O)c1ccccc1. The zero-order valence-corrected chi connectivity index (χ0v) is 54.7. The lowest BCUT2D eigenvalue weighted by atomic mass is 10.1. The van der Waals surface area contributed by atoms with Gasteiger partial charge in [-0.1, -0.05) is 30.3 Å². The lowest BCUT2D eigenvalue weighted by Crippen LogP contribution is -2.44. The van der Waals surface area contributed by atoms with Gasteiger partial charge in [0.15, 0.2) is 65.9 Å². The molecule has 0 heterocycles. The summed E-state index contributed by atoms with van der Waals surface area (Å²) in [4.78, 5) is 212. The van der Waals surface area contributed by atoms with E-state index < -0.39 is 170 Å². The minimum absolute atomic E-state index is 0.0309. The third-order valence-electron chi connectivity index (χ3n) is 10.7. The predicted molar refractivity (Wildman–Crippen MR) is 320 cm³/mol. The Morgan fingerprint density at radius 1 is 0.406 bits per heavy atom. The first-order valence-corrected chi connectivity index (χ1v) is 28.1. The van der Waals surface area contributed by atoms with Crippen LogP contribution in [-0.2, 0) is 120 Å². The van der Waals surface area contributed by atoms with Crippen LogP contribution in [0.15, 0.2) is 30.3 Å². The third-order valence-corrected chi connectivity index (χ3v) is 10.7. The monoisotopic (exact) mass is 1380 g/mol. The standard InChI is InChI=1S/C12H14O4.C9H15NO5.C9H12O7.C8H12O6.2C8H12O5.C5H9NO3/c1-8(13)9(2)16-12(15)11(14)10-6-4-3-5-7-10;1-5(11)3-4-7(9(14)15)10-8(13)6(2)12;1-5(10)6(4-8(13)14)16-9(15)3-2-7(11)12;1-4(9)5(2)14-8(13)6(10)3-7(11)12;1-5(9)6(2)13-8(12)4-3-7(10)11;1-5(9)3-4-7(10)13-6(2)8(11)12;1-3(7)2-4(6)5(8)9/h3-7,9,11,14H,1-2H3;6-7,12H,3-4H2,1-2H3,(H,10,13)(H,14,15);6H,2-4H2,1H3,(H,11,12)(H,13,14);5-6,10H,3H2,1-2H3,(H,11,12);6H,3-4H2,1-2H3,(H,10,11);6H,3-4H2,1-2H3,(H,11,12);4H,2,6H2,1H3,(H,8,9)/t9-,11-;6-,7-;6-;5-,6-;2*6-;4-/m0010000/s1. The molecule has 0 aliphatic heterocycles. The topological polar surface area (TPSA) is 628 Å². The van der Waals surface area contributed by atoms with Crippen LogP contribution < -0.4 is 11.1 Å². The lowest BCUT2D eigenvalue weighted by Gasteiger charge is -2.14. The maximum Gasteiger partial charge on any atom is 0.344 e. The van der Waals surface area contributed by atoms with Crippen LogP contribution in [-0.4, -0.2) is 224 Å². The lowest BCUT2D eigenvalue weighted by molar-refractivity contribution is -0.164. The highest BCUT2D eigenvalue weighted by atomic mass is 16.6. The zero-order chi connectivity index (χ0) is 76.5. The summed E-state index contributed by atoms with van der Waals surface area (Å²) in [5.41, 5.74) is 5.44. The molecule has 96 heavy (non-hydrogen) atoms. The van der Waals surface area contributed by atoms with Crippen molar-refractivity contribution in [2.45, 2.75) is 215 Å². The molecule has 0 aromatic heterocycles. The Balaban J connectivity index is -0.000000247. The van der Waals surface area contributed by atoms with Gasteiger partial charge in [-0.05, 0) is 95.1 Å². The number of aliphatic hydroxyl groups excluding tert-OH is 3. The van der Waals surface area contributed by atoms with E-state index >= 15 is 0 Å². The fourth-order valence-corrected chi connectivity index (χ4v) is 4.96. The molecule has 0 spiro atoms. The van der Waals surface area contributed by atoms with Gasteiger partial charge in [-0.3, -0.25) is 67.1 Å². The highest BCUT2D eigenvalue weighted by Gasteiger charge is 2.27. The molecule has 542 valence electrons. The molecule has 0 saturated heterocycles. The number of rotatable bonds is 35. The number of aliphatic carboxylic acids is 7. The Hall–Kier alpha value is -10.1. The van der Waals surface area contributed by atoms with E-state index in [0.29, 0.717) is 5.56 Å². The first-order chi connectivity index (χ1) is 43.9. The summed E-state index contributed by atoms with van der Waals surface area (Å²) in [6.45, 7) is 15.7. The van der Waals surface area contributed by atoms with E-state index in [9.17, 15) is 101 Å². The van der Waals surface area contributed by atoms with Gasteiger partial charge in [0.25, 0.3) is 0 Å². The van der Waals surface area contributed by atoms with Crippen LogP contribution in [0.4, 0.5) is 0 Å². The maximum absolute atomic E-state index is 11.4. The van der Waals surface area contributed by atoms with Gasteiger partial charge in [0.2, 0.25) is 5.91 Å². The molecule has 1 amide bonds. The molecule has 0 bridgehead atoms. The van der Waals surface area contributed by atoms with Gasteiger partial charge in [-0.15, -0.1) is 0 Å². The highest BCUT2D eigenvalue weighted by molar-refractivity contribution is 5.90. The molecular formula is C59H86N2O35. The summed E-state index contributed by atoms with van der Waals surface area (Å²) < 4.78 is 22.9. The molecule has 0 unspecified atom stereocenters. The Morgan fingerprint density at radius 2 is 0.792 bits per heavy atom. The van der Waals surface area contributed by atoms with Crippen molar-refractivity contribution >= 4 is 118 Å². The van der Waals surface area contributed by atoms with Gasteiger partial charge < -0.3 is 95.4 Å². The Bertz CT molecular complexity index is 2750. The van der Waals surface area contributed by atoms with E-state index in [1.807, 2.05) is 0 Å². The fourth-order valence-electron chi connectivity index (χ4n) is 4.96. The molecule has 37 nitrogen and oxygen atoms in total. The van der Waals surface area contributed by atoms with Crippen LogP contribution in [0.2, 0.25) is 0 Å². The molecule has 1 rings (SSSR count). The van der Waals surface area contributed by atoms with Crippen LogP contribution in [0.1, 0.15) is 165 Å². The number of hydrogen-bond donors (Lipinski definition) is 12. The Labute approximate surface area is 548 Å². The number of carbonyl (C=O) groups excluding carboxylic acids is 13. The number of nitrogens with one attached hydrogen (secondary N) is 1. The van der Waals surface area contributed by atoms with Gasteiger partial charge in [0, 0.05) is 19.3 Å². The van der Waals surface area contributed by atoms with Crippen molar-refractivity contribution in [3.05, 3.63) is 35.9 Å². The Morgan fingerprint density at radius 3 is 1.11 bits per heavy atom. The number of esters is 5. The molecule has 37 heteroatoms. The van der Waals surface area contributed by atoms with Gasteiger partial charge in [0.1, 0.15) is 35.5 Å². The number of carboxylic acids is 7. The second-order valence-corrected chi connectivity index (χ2v) is 19.9. The normalized spacial score (nSPS) is 12.9. The molecule has 0 fully saturated rings. The van der Waals surface area contributed by atoms with Crippen molar-refractivity contribution in [2.75, 3.05) is 0 Å². The van der Waals surface area contributed by atoms with E-state index in [4.69, 9.17) is 56.4 Å². The van der Waals surface area contributed by atoms with Gasteiger partial charge in [-0.2, -0.15) is 0 Å². The van der Waals surface area contributed by atoms with Crippen molar-refractivity contribution in [3.8, 4) is 0 Å². The van der Waals surface area contributed by atoms with Gasteiger partial charge in [0.05, 0.1) is 44.9 Å². The predicted octanol–water partition coefficient (Wildman–Crippen LogP) is -0.163. The van der Waals surface area contributed by atoms with Crippen molar-refractivity contribution in [2.24, 2.45) is 5.73 Å². The van der Waals surface area contributed by atoms with E-state index in [-0.39, 0.29) is 79.6 Å². The highest BCUT2D eigenvalue weighted by Crippen LogP contribution is 2.15. The molecule has 13 N–H and O–H groups in total. The molecule has 1 aromatic rings. The molecule has 0 saturated carbocycles. The zero-order valence-electron chi connectivity index (χ0n) is 54.7. The van der Waals surface area contributed by atoms with Gasteiger partial charge >= 0.3 is 71.6 Å². The van der Waals surface area contributed by atoms with E-state index in [0.717, 1.165) is 6.92 Å². The van der Waals surface area contributed by atoms with Crippen LogP contribution in [0.5, 0.6) is 0 Å². The first-order valence-electron chi connectivity index (χ1n) is 28.1. The number of Topliss-reactive ketones (excluding diaryl/α,β-unsaturated/α-hetero) is 7. The number of ketones is 7. The molecule has 0 aliphatic carbocycles. The second kappa shape index (κ2) is 54.3. The molecule has 0 aliphatic rings. The second-order valence-electron chi connectivity index (χ2n) is 19.9. The first kappa shape index (κ1) is 96.9. The number of ether oxygens (including phenoxy) is 5. The van der Waals surface area contributed by atoms with E-state index in [2.05, 4.69) is 24.3 Å². The maximum atomic E-state index is 11.4. The molecular weight excluding hydrogens is 1300 g/mol. The van der Waals surface area contributed by atoms with Crippen molar-refractivity contribution < 1.29 is 171 Å². The van der Waals surface area contributed by atoms with Crippen LogP contribution in [0, 0.1) is 0 Å². The summed E-state index contributed by atoms with van der Waals surface area (Å²) in [7, 11) is 0. The number of benzene rings is 1. The average Bonchev–Trinajstić information content (AvgIpc) is 1.17. The minimum atomic E-state index is -1.73. The third kappa shape index (κ3) is 60.1. The number of carboxylic acid groups (broad SMARTS) is 7. The fraction of sp³-hybridized carbons (Fsp3) is 0.559. The van der Waals surface area contributed by atoms with Gasteiger partial charge in [-0.25, -0.2) is 19.2 Å². The smallest absolute Gasteiger partial charge is 0.344 e. The summed E-state index contributed by atoms with van der Waals surface area (Å²) in [5.74, 6) is -15.2. The number of aliphatic hydroxyl groups is 3. The van der Waals surface area contributed by atoms with E-state index in [1.165, 1.54) is 76.2 Å². The van der Waals surface area contributed by atoms with Crippen molar-refractivity contribution in [1.29, 1.82) is 0 Å². The number of hydrogen-bond acceptors (Lipinski definition) is 29. The van der Waals surface area contributed by atoms with Crippen LogP contribution in [0.25, 0.3) is 0 Å². The minimum Gasteiger partial charge on any atom is -0.481 e. The molecule has 1 aromatic carbocycles. The summed E-state index contributed by atoms with van der Waals surface area (Å²) in [6.07, 6.45) is -12.0.